The number of hydrogen-bond donors (Lipinski definition) is 1. The van der Waals surface area contributed by atoms with E-state index >= 15 is 0 Å². The lowest BCUT2D eigenvalue weighted by atomic mass is 10.0. The molecule has 0 spiro atoms. The molecule has 1 atom stereocenters. The summed E-state index contributed by atoms with van der Waals surface area (Å²) in [5.41, 5.74) is 0. The minimum atomic E-state index is 0.0800. The van der Waals surface area contributed by atoms with E-state index in [0.717, 1.165) is 32.5 Å². The third-order valence-corrected chi connectivity index (χ3v) is 4.70. The summed E-state index contributed by atoms with van der Waals surface area (Å²) in [7, 11) is 0. The summed E-state index contributed by atoms with van der Waals surface area (Å²) in [6, 6.07) is 0.653. The second kappa shape index (κ2) is 9.36. The van der Waals surface area contributed by atoms with Crippen molar-refractivity contribution in [2.75, 3.05) is 45.9 Å². The molecule has 0 aromatic heterocycles. The maximum Gasteiger partial charge on any atom is 0.317 e. The molecule has 2 fully saturated rings. The Morgan fingerprint density at radius 3 is 2.68 bits per heavy atom. The Bertz CT molecular complexity index is 330. The van der Waals surface area contributed by atoms with E-state index in [-0.39, 0.29) is 6.03 Å². The number of carbonyl (C=O) groups is 1. The molecule has 22 heavy (non-hydrogen) atoms. The van der Waals surface area contributed by atoms with Crippen LogP contribution in [-0.4, -0.2) is 67.8 Å². The van der Waals surface area contributed by atoms with Gasteiger partial charge in [-0.2, -0.15) is 0 Å². The van der Waals surface area contributed by atoms with Gasteiger partial charge in [-0.1, -0.05) is 13.8 Å². The SMILES string of the molecule is CC(C)CCOCCNC(=O)N1CCCC(N2CCCC2)C1. The van der Waals surface area contributed by atoms with E-state index in [1.54, 1.807) is 0 Å². The van der Waals surface area contributed by atoms with Crippen molar-refractivity contribution >= 4 is 6.03 Å². The van der Waals surface area contributed by atoms with Gasteiger partial charge in [0, 0.05) is 32.3 Å². The molecule has 2 amide bonds. The smallest absolute Gasteiger partial charge is 0.317 e. The Hall–Kier alpha value is -0.810. The summed E-state index contributed by atoms with van der Waals surface area (Å²) in [5, 5.41) is 3.00. The van der Waals surface area contributed by atoms with Crippen LogP contribution in [0.3, 0.4) is 0 Å². The van der Waals surface area contributed by atoms with Crippen molar-refractivity contribution in [2.45, 2.75) is 52.0 Å². The van der Waals surface area contributed by atoms with E-state index < -0.39 is 0 Å². The van der Waals surface area contributed by atoms with Crippen molar-refractivity contribution in [3.05, 3.63) is 0 Å². The lowest BCUT2D eigenvalue weighted by Crippen LogP contribution is -2.52. The predicted molar refractivity (Wildman–Crippen MR) is 89.1 cm³/mol. The van der Waals surface area contributed by atoms with Gasteiger partial charge in [-0.15, -0.1) is 0 Å². The number of rotatable bonds is 7. The van der Waals surface area contributed by atoms with Crippen LogP contribution in [0.2, 0.25) is 0 Å². The zero-order valence-electron chi connectivity index (χ0n) is 14.4. The fourth-order valence-corrected chi connectivity index (χ4v) is 3.31. The van der Waals surface area contributed by atoms with Gasteiger partial charge >= 0.3 is 6.03 Å². The summed E-state index contributed by atoms with van der Waals surface area (Å²) in [4.78, 5) is 16.8. The zero-order valence-corrected chi connectivity index (χ0v) is 14.4. The van der Waals surface area contributed by atoms with Crippen LogP contribution in [0.15, 0.2) is 0 Å². The largest absolute Gasteiger partial charge is 0.380 e. The van der Waals surface area contributed by atoms with Crippen LogP contribution in [0.4, 0.5) is 4.79 Å². The Morgan fingerprint density at radius 2 is 1.95 bits per heavy atom. The first-order valence-electron chi connectivity index (χ1n) is 9.01. The summed E-state index contributed by atoms with van der Waals surface area (Å²) in [5.74, 6) is 0.672. The van der Waals surface area contributed by atoms with Crippen LogP contribution in [0.5, 0.6) is 0 Å². The molecule has 1 N–H and O–H groups in total. The second-order valence-electron chi connectivity index (χ2n) is 7.01. The standard InChI is InChI=1S/C17H33N3O2/c1-15(2)7-12-22-13-8-18-17(21)20-11-5-6-16(14-20)19-9-3-4-10-19/h15-16H,3-14H2,1-2H3,(H,18,21). The maximum atomic E-state index is 12.2. The quantitative estimate of drug-likeness (QED) is 0.734. The Morgan fingerprint density at radius 1 is 1.18 bits per heavy atom. The number of amides is 2. The molecular formula is C17H33N3O2. The minimum absolute atomic E-state index is 0.0800. The van der Waals surface area contributed by atoms with E-state index in [1.165, 1.54) is 32.4 Å². The van der Waals surface area contributed by atoms with Gasteiger partial charge < -0.3 is 15.0 Å². The van der Waals surface area contributed by atoms with Crippen molar-refractivity contribution in [1.29, 1.82) is 0 Å². The third kappa shape index (κ3) is 5.76. The molecule has 0 bridgehead atoms. The molecule has 5 nitrogen and oxygen atoms in total. The molecule has 128 valence electrons. The molecule has 0 saturated carbocycles. The first-order chi connectivity index (χ1) is 10.7. The summed E-state index contributed by atoms with van der Waals surface area (Å²) < 4.78 is 5.54. The second-order valence-corrected chi connectivity index (χ2v) is 7.01. The highest BCUT2D eigenvalue weighted by molar-refractivity contribution is 5.74. The number of ether oxygens (including phenoxy) is 1. The fraction of sp³-hybridized carbons (Fsp3) is 0.941. The van der Waals surface area contributed by atoms with Crippen LogP contribution in [0.1, 0.15) is 46.0 Å². The molecule has 0 aromatic rings. The number of nitrogens with one attached hydrogen (secondary N) is 1. The number of hydrogen-bond acceptors (Lipinski definition) is 3. The van der Waals surface area contributed by atoms with Gasteiger partial charge in [-0.25, -0.2) is 4.79 Å². The molecule has 2 saturated heterocycles. The number of nitrogens with zero attached hydrogens (tertiary/aromatic N) is 2. The zero-order chi connectivity index (χ0) is 15.8. The van der Waals surface area contributed by atoms with Crippen LogP contribution < -0.4 is 5.32 Å². The summed E-state index contributed by atoms with van der Waals surface area (Å²) in [6.45, 7) is 10.6. The Kier molecular flexibility index (Phi) is 7.46. The van der Waals surface area contributed by atoms with Gasteiger partial charge in [0.2, 0.25) is 0 Å². The highest BCUT2D eigenvalue weighted by atomic mass is 16.5. The normalized spacial score (nSPS) is 23.2. The molecule has 2 heterocycles. The molecule has 2 aliphatic heterocycles. The van der Waals surface area contributed by atoms with Gasteiger partial charge in [0.05, 0.1) is 6.61 Å². The highest BCUT2D eigenvalue weighted by Gasteiger charge is 2.28. The molecule has 5 heteroatoms. The molecule has 1 unspecified atom stereocenters. The summed E-state index contributed by atoms with van der Waals surface area (Å²) in [6.07, 6.45) is 6.08. The van der Waals surface area contributed by atoms with Crippen molar-refractivity contribution in [1.82, 2.24) is 15.1 Å². The molecule has 0 aliphatic carbocycles. The van der Waals surface area contributed by atoms with E-state index in [9.17, 15) is 4.79 Å². The number of piperidine rings is 1. The topological polar surface area (TPSA) is 44.8 Å². The predicted octanol–water partition coefficient (Wildman–Crippen LogP) is 2.32. The van der Waals surface area contributed by atoms with E-state index in [2.05, 4.69) is 24.1 Å². The third-order valence-electron chi connectivity index (χ3n) is 4.70. The van der Waals surface area contributed by atoms with E-state index in [4.69, 9.17) is 4.74 Å². The first kappa shape index (κ1) is 17.5. The lowest BCUT2D eigenvalue weighted by molar-refractivity contribution is 0.113. The monoisotopic (exact) mass is 311 g/mol. The Balaban J connectivity index is 1.60. The van der Waals surface area contributed by atoms with Crippen LogP contribution in [-0.2, 0) is 4.74 Å². The van der Waals surface area contributed by atoms with Gasteiger partial charge in [0.15, 0.2) is 0 Å². The number of urea groups is 1. The van der Waals surface area contributed by atoms with E-state index in [1.807, 2.05) is 4.90 Å². The van der Waals surface area contributed by atoms with Crippen molar-refractivity contribution in [3.8, 4) is 0 Å². The van der Waals surface area contributed by atoms with Gasteiger partial charge in [0.1, 0.15) is 0 Å². The lowest BCUT2D eigenvalue weighted by Gasteiger charge is -2.37. The van der Waals surface area contributed by atoms with Crippen molar-refractivity contribution < 1.29 is 9.53 Å². The van der Waals surface area contributed by atoms with Crippen LogP contribution >= 0.6 is 0 Å². The average Bonchev–Trinajstić information content (AvgIpc) is 3.05. The van der Waals surface area contributed by atoms with Crippen molar-refractivity contribution in [2.24, 2.45) is 5.92 Å². The molecular weight excluding hydrogens is 278 g/mol. The van der Waals surface area contributed by atoms with Crippen LogP contribution in [0, 0.1) is 5.92 Å². The first-order valence-corrected chi connectivity index (χ1v) is 9.01. The number of carbonyl (C=O) groups excluding carboxylic acids is 1. The summed E-state index contributed by atoms with van der Waals surface area (Å²) >= 11 is 0. The molecule has 2 aliphatic rings. The minimum Gasteiger partial charge on any atom is -0.380 e. The fourth-order valence-electron chi connectivity index (χ4n) is 3.31. The van der Waals surface area contributed by atoms with Crippen LogP contribution in [0.25, 0.3) is 0 Å². The highest BCUT2D eigenvalue weighted by Crippen LogP contribution is 2.20. The van der Waals surface area contributed by atoms with E-state index in [0.29, 0.717) is 25.1 Å². The maximum absolute atomic E-state index is 12.2. The molecule has 2 rings (SSSR count). The Labute approximate surface area is 135 Å². The average molecular weight is 311 g/mol. The number of likely N-dealkylation sites (tertiary alicyclic amines) is 2. The van der Waals surface area contributed by atoms with Crippen molar-refractivity contribution in [3.63, 3.8) is 0 Å². The van der Waals surface area contributed by atoms with Gasteiger partial charge in [-0.05, 0) is 51.1 Å². The molecule has 0 radical (unpaired) electrons. The molecule has 0 aromatic carbocycles. The van der Waals surface area contributed by atoms with Gasteiger partial charge in [-0.3, -0.25) is 4.90 Å². The van der Waals surface area contributed by atoms with Gasteiger partial charge in [0.25, 0.3) is 0 Å².